The summed E-state index contributed by atoms with van der Waals surface area (Å²) in [5, 5.41) is 28.6. The van der Waals surface area contributed by atoms with Gasteiger partial charge in [0.25, 0.3) is 0 Å². The van der Waals surface area contributed by atoms with Gasteiger partial charge >= 0.3 is 47.5 Å². The number of hydrogen-bond donors (Lipinski definition) is 4. The second kappa shape index (κ2) is 32.4. The fourth-order valence-corrected chi connectivity index (χ4v) is 3.88. The van der Waals surface area contributed by atoms with E-state index in [1.165, 1.54) is 83.5 Å². The molecule has 0 spiro atoms. The van der Waals surface area contributed by atoms with E-state index in [2.05, 4.69) is 19.2 Å². The summed E-state index contributed by atoms with van der Waals surface area (Å²) in [5.74, 6) is -2.59. The van der Waals surface area contributed by atoms with Gasteiger partial charge in [-0.1, -0.05) is 117 Å². The summed E-state index contributed by atoms with van der Waals surface area (Å²) in [6.07, 6.45) is 23.3. The van der Waals surface area contributed by atoms with Gasteiger partial charge in [-0.2, -0.15) is 0 Å². The Morgan fingerprint density at radius 2 is 0.917 bits per heavy atom. The van der Waals surface area contributed by atoms with E-state index in [1.807, 2.05) is 0 Å². The van der Waals surface area contributed by atoms with Crippen LogP contribution in [0.25, 0.3) is 0 Å². The second-order valence-corrected chi connectivity index (χ2v) is 9.58. The third kappa shape index (κ3) is 35.5. The molecule has 0 aromatic rings. The van der Waals surface area contributed by atoms with E-state index in [-0.39, 0.29) is 42.4 Å². The van der Waals surface area contributed by atoms with Crippen LogP contribution in [0.4, 0.5) is 0 Å². The fourth-order valence-electron chi connectivity index (χ4n) is 3.88. The molecule has 4 N–H and O–H groups in total. The zero-order valence-electron chi connectivity index (χ0n) is 22.7. The standard InChI is InChI=1S/C18H36O2.C10H19NO4.Na.H/c1-2-3-4-5-6-7-8-9-10-11-12-13-14-15-16-17-18(19)20;1-2-3-4-7-11-8(10(14)15)5-6-9(12)13;;/h2-17H2,1H3,(H,19,20);8,11H,2-7H2,1H3,(H,12,13)(H,14,15);;. The van der Waals surface area contributed by atoms with Crippen molar-refractivity contribution >= 4 is 47.5 Å². The Bertz CT molecular complexity index is 504. The van der Waals surface area contributed by atoms with Gasteiger partial charge < -0.3 is 20.6 Å². The Morgan fingerprint density at radius 1 is 0.556 bits per heavy atom. The normalized spacial score (nSPS) is 11.2. The topological polar surface area (TPSA) is 124 Å². The number of hydrogen-bond acceptors (Lipinski definition) is 4. The van der Waals surface area contributed by atoms with Crippen molar-refractivity contribution < 1.29 is 29.7 Å². The summed E-state index contributed by atoms with van der Waals surface area (Å²) in [4.78, 5) is 31.3. The maximum absolute atomic E-state index is 10.7. The number of unbranched alkanes of at least 4 members (excludes halogenated alkanes) is 16. The van der Waals surface area contributed by atoms with Crippen LogP contribution in [0.15, 0.2) is 0 Å². The van der Waals surface area contributed by atoms with Crippen LogP contribution in [-0.4, -0.2) is 75.4 Å². The predicted molar refractivity (Wildman–Crippen MR) is 150 cm³/mol. The van der Waals surface area contributed by atoms with Crippen molar-refractivity contribution in [2.24, 2.45) is 0 Å². The number of aliphatic carboxylic acids is 3. The molecule has 210 valence electrons. The van der Waals surface area contributed by atoms with Gasteiger partial charge in [0.15, 0.2) is 0 Å². The zero-order chi connectivity index (χ0) is 26.6. The van der Waals surface area contributed by atoms with E-state index in [0.717, 1.165) is 32.1 Å². The van der Waals surface area contributed by atoms with Crippen molar-refractivity contribution in [3.05, 3.63) is 0 Å². The quantitative estimate of drug-likeness (QED) is 0.0766. The molecule has 8 heteroatoms. The van der Waals surface area contributed by atoms with Gasteiger partial charge in [-0.3, -0.25) is 14.4 Å². The second-order valence-electron chi connectivity index (χ2n) is 9.58. The van der Waals surface area contributed by atoms with Crippen molar-refractivity contribution in [3.8, 4) is 0 Å². The molecular weight excluding hydrogens is 469 g/mol. The molecule has 0 aliphatic rings. The molecule has 0 saturated carbocycles. The van der Waals surface area contributed by atoms with E-state index in [9.17, 15) is 14.4 Å². The van der Waals surface area contributed by atoms with Gasteiger partial charge in [-0.05, 0) is 25.8 Å². The van der Waals surface area contributed by atoms with Gasteiger partial charge in [0, 0.05) is 12.8 Å². The summed E-state index contributed by atoms with van der Waals surface area (Å²) >= 11 is 0. The molecule has 0 bridgehead atoms. The van der Waals surface area contributed by atoms with E-state index in [1.54, 1.807) is 0 Å². The van der Waals surface area contributed by atoms with Gasteiger partial charge in [-0.15, -0.1) is 0 Å². The van der Waals surface area contributed by atoms with Gasteiger partial charge in [-0.25, -0.2) is 0 Å². The van der Waals surface area contributed by atoms with Crippen LogP contribution in [0.3, 0.4) is 0 Å². The molecule has 36 heavy (non-hydrogen) atoms. The average Bonchev–Trinajstić information content (AvgIpc) is 2.81. The predicted octanol–water partition coefficient (Wildman–Crippen LogP) is 6.77. The van der Waals surface area contributed by atoms with Crippen LogP contribution >= 0.6 is 0 Å². The molecule has 0 aliphatic carbocycles. The Morgan fingerprint density at radius 3 is 1.28 bits per heavy atom. The summed E-state index contributed by atoms with van der Waals surface area (Å²) in [5.41, 5.74) is 0. The molecular formula is C28H56NNaO6. The van der Waals surface area contributed by atoms with Crippen LogP contribution in [0.2, 0.25) is 0 Å². The molecule has 0 aliphatic heterocycles. The summed E-state index contributed by atoms with van der Waals surface area (Å²) in [6, 6.07) is -0.738. The van der Waals surface area contributed by atoms with Crippen LogP contribution in [0, 0.1) is 0 Å². The van der Waals surface area contributed by atoms with Gasteiger partial charge in [0.2, 0.25) is 0 Å². The Hall–Kier alpha value is -0.630. The van der Waals surface area contributed by atoms with E-state index >= 15 is 0 Å². The van der Waals surface area contributed by atoms with E-state index in [4.69, 9.17) is 15.3 Å². The number of carbonyl (C=O) groups is 3. The first kappa shape index (κ1) is 39.9. The molecule has 0 heterocycles. The van der Waals surface area contributed by atoms with Crippen LogP contribution in [0.5, 0.6) is 0 Å². The van der Waals surface area contributed by atoms with Crippen LogP contribution < -0.4 is 5.32 Å². The summed E-state index contributed by atoms with van der Waals surface area (Å²) < 4.78 is 0. The summed E-state index contributed by atoms with van der Waals surface area (Å²) in [7, 11) is 0. The van der Waals surface area contributed by atoms with Crippen LogP contribution in [0.1, 0.15) is 149 Å². The molecule has 1 atom stereocenters. The number of rotatable bonds is 25. The zero-order valence-corrected chi connectivity index (χ0v) is 22.7. The van der Waals surface area contributed by atoms with Crippen molar-refractivity contribution in [3.63, 3.8) is 0 Å². The number of carboxylic acid groups (broad SMARTS) is 3. The summed E-state index contributed by atoms with van der Waals surface area (Å²) in [6.45, 7) is 4.97. The van der Waals surface area contributed by atoms with Crippen LogP contribution in [-0.2, 0) is 14.4 Å². The SMILES string of the molecule is CCCCCCCCCCCCCCCCCC(=O)O.CCCCCNC(CCC(=O)O)C(=O)O.[NaH]. The van der Waals surface area contributed by atoms with E-state index in [0.29, 0.717) is 13.0 Å². The average molecular weight is 526 g/mol. The molecule has 0 aromatic heterocycles. The first-order chi connectivity index (χ1) is 16.8. The van der Waals surface area contributed by atoms with Crippen molar-refractivity contribution in [1.82, 2.24) is 5.32 Å². The van der Waals surface area contributed by atoms with E-state index < -0.39 is 23.9 Å². The number of nitrogens with one attached hydrogen (secondary N) is 1. The fraction of sp³-hybridized carbons (Fsp3) is 0.893. The first-order valence-corrected chi connectivity index (χ1v) is 14.2. The third-order valence-corrected chi connectivity index (χ3v) is 6.11. The van der Waals surface area contributed by atoms with Gasteiger partial charge in [0.05, 0.1) is 0 Å². The molecule has 0 aromatic carbocycles. The van der Waals surface area contributed by atoms with Crippen molar-refractivity contribution in [2.45, 2.75) is 155 Å². The maximum atomic E-state index is 10.7. The molecule has 0 rings (SSSR count). The Labute approximate surface area is 242 Å². The minimum absolute atomic E-state index is 0. The third-order valence-electron chi connectivity index (χ3n) is 6.11. The first-order valence-electron chi connectivity index (χ1n) is 14.2. The Balaban J connectivity index is -0.000000612. The van der Waals surface area contributed by atoms with Gasteiger partial charge in [0.1, 0.15) is 6.04 Å². The molecule has 7 nitrogen and oxygen atoms in total. The molecule has 0 fully saturated rings. The molecule has 0 amide bonds. The number of carboxylic acids is 3. The minimum atomic E-state index is -0.979. The van der Waals surface area contributed by atoms with Crippen molar-refractivity contribution in [1.29, 1.82) is 0 Å². The molecule has 0 radical (unpaired) electrons. The molecule has 0 saturated heterocycles. The Kier molecular flexibility index (Phi) is 35.9. The molecule has 1 unspecified atom stereocenters. The van der Waals surface area contributed by atoms with Crippen molar-refractivity contribution in [2.75, 3.05) is 6.54 Å². The monoisotopic (exact) mass is 525 g/mol.